The van der Waals surface area contributed by atoms with Crippen molar-refractivity contribution in [1.82, 2.24) is 10.6 Å². The fourth-order valence-corrected chi connectivity index (χ4v) is 3.46. The highest BCUT2D eigenvalue weighted by Gasteiger charge is 2.14. The van der Waals surface area contributed by atoms with Crippen molar-refractivity contribution in [2.24, 2.45) is 0 Å². The number of benzene rings is 3. The molecule has 30 heavy (non-hydrogen) atoms. The van der Waals surface area contributed by atoms with Gasteiger partial charge < -0.3 is 20.1 Å². The number of methoxy groups -OCH3 is 2. The Hall–Kier alpha value is -3.47. The van der Waals surface area contributed by atoms with Crippen LogP contribution in [-0.2, 0) is 6.54 Å². The summed E-state index contributed by atoms with van der Waals surface area (Å²) >= 11 is 0. The smallest absolute Gasteiger partial charge is 0.315 e. The lowest BCUT2D eigenvalue weighted by Crippen LogP contribution is -2.36. The van der Waals surface area contributed by atoms with Crippen LogP contribution in [-0.4, -0.2) is 26.8 Å². The van der Waals surface area contributed by atoms with Gasteiger partial charge in [-0.1, -0.05) is 66.7 Å². The van der Waals surface area contributed by atoms with Crippen LogP contribution in [0.15, 0.2) is 78.9 Å². The van der Waals surface area contributed by atoms with Crippen molar-refractivity contribution in [3.63, 3.8) is 0 Å². The Balaban J connectivity index is 1.53. The molecule has 3 aromatic rings. The molecule has 3 rings (SSSR count). The molecule has 0 atom stereocenters. The predicted molar refractivity (Wildman–Crippen MR) is 119 cm³/mol. The van der Waals surface area contributed by atoms with E-state index in [1.165, 1.54) is 11.1 Å². The lowest BCUT2D eigenvalue weighted by molar-refractivity contribution is 0.240. The Morgan fingerprint density at radius 3 is 1.97 bits per heavy atom. The largest absolute Gasteiger partial charge is 0.493 e. The van der Waals surface area contributed by atoms with Gasteiger partial charge in [-0.05, 0) is 35.2 Å². The summed E-state index contributed by atoms with van der Waals surface area (Å²) in [7, 11) is 3.19. The van der Waals surface area contributed by atoms with Crippen molar-refractivity contribution in [2.75, 3.05) is 20.8 Å². The van der Waals surface area contributed by atoms with Crippen molar-refractivity contribution in [3.05, 3.63) is 95.6 Å². The minimum absolute atomic E-state index is 0.190. The first kappa shape index (κ1) is 21.2. The van der Waals surface area contributed by atoms with Crippen molar-refractivity contribution in [3.8, 4) is 11.5 Å². The van der Waals surface area contributed by atoms with E-state index in [1.807, 2.05) is 30.3 Å². The molecule has 5 heteroatoms. The third-order valence-corrected chi connectivity index (χ3v) is 5.02. The zero-order valence-corrected chi connectivity index (χ0v) is 17.4. The zero-order valence-electron chi connectivity index (χ0n) is 17.4. The molecule has 0 bridgehead atoms. The second-order valence-electron chi connectivity index (χ2n) is 6.96. The van der Waals surface area contributed by atoms with Crippen molar-refractivity contribution in [2.45, 2.75) is 18.9 Å². The van der Waals surface area contributed by atoms with Gasteiger partial charge in [0.1, 0.15) is 0 Å². The van der Waals surface area contributed by atoms with Crippen LogP contribution in [0.5, 0.6) is 11.5 Å². The average Bonchev–Trinajstić information content (AvgIpc) is 2.81. The van der Waals surface area contributed by atoms with Gasteiger partial charge in [0.15, 0.2) is 11.5 Å². The predicted octanol–water partition coefficient (Wildman–Crippen LogP) is 4.73. The molecule has 0 saturated carbocycles. The Morgan fingerprint density at radius 1 is 0.800 bits per heavy atom. The molecule has 0 spiro atoms. The van der Waals surface area contributed by atoms with E-state index in [0.29, 0.717) is 24.6 Å². The van der Waals surface area contributed by atoms with Crippen LogP contribution in [0.4, 0.5) is 4.79 Å². The van der Waals surface area contributed by atoms with Gasteiger partial charge in [0, 0.05) is 19.0 Å². The highest BCUT2D eigenvalue weighted by Crippen LogP contribution is 2.28. The van der Waals surface area contributed by atoms with Crippen molar-refractivity contribution in [1.29, 1.82) is 0 Å². The van der Waals surface area contributed by atoms with Crippen LogP contribution < -0.4 is 20.1 Å². The van der Waals surface area contributed by atoms with E-state index in [1.54, 1.807) is 14.2 Å². The molecule has 2 N–H and O–H groups in total. The highest BCUT2D eigenvalue weighted by atomic mass is 16.5. The molecule has 3 aromatic carbocycles. The summed E-state index contributed by atoms with van der Waals surface area (Å²) in [5, 5.41) is 5.86. The van der Waals surface area contributed by atoms with Gasteiger partial charge in [-0.2, -0.15) is 0 Å². The molecule has 0 aliphatic heterocycles. The first-order chi connectivity index (χ1) is 14.7. The summed E-state index contributed by atoms with van der Waals surface area (Å²) < 4.78 is 10.5. The molecule has 0 unspecified atom stereocenters. The number of rotatable bonds is 9. The summed E-state index contributed by atoms with van der Waals surface area (Å²) in [5.41, 5.74) is 3.43. The molecule has 2 amide bonds. The van der Waals surface area contributed by atoms with Crippen LogP contribution in [0.2, 0.25) is 0 Å². The number of amides is 2. The lowest BCUT2D eigenvalue weighted by Gasteiger charge is -2.18. The van der Waals surface area contributed by atoms with E-state index in [4.69, 9.17) is 9.47 Å². The average molecular weight is 405 g/mol. The maximum absolute atomic E-state index is 12.3. The van der Waals surface area contributed by atoms with Crippen LogP contribution in [0, 0.1) is 0 Å². The summed E-state index contributed by atoms with van der Waals surface area (Å²) in [4.78, 5) is 12.3. The Morgan fingerprint density at radius 2 is 1.40 bits per heavy atom. The number of urea groups is 1. The van der Waals surface area contributed by atoms with Gasteiger partial charge in [0.2, 0.25) is 0 Å². The quantitative estimate of drug-likeness (QED) is 0.542. The van der Waals surface area contributed by atoms with E-state index in [-0.39, 0.29) is 11.9 Å². The Kier molecular flexibility index (Phi) is 7.72. The lowest BCUT2D eigenvalue weighted by atomic mass is 9.88. The number of hydrogen-bond acceptors (Lipinski definition) is 3. The molecule has 156 valence electrons. The number of hydrogen-bond donors (Lipinski definition) is 2. The molecule has 0 radical (unpaired) electrons. The Bertz CT molecular complexity index is 890. The first-order valence-corrected chi connectivity index (χ1v) is 10.0. The minimum Gasteiger partial charge on any atom is -0.493 e. The second-order valence-corrected chi connectivity index (χ2v) is 6.96. The topological polar surface area (TPSA) is 59.6 Å². The zero-order chi connectivity index (χ0) is 21.2. The standard InChI is InChI=1S/C25H28N2O3/c1-29-23-14-13-19(17-24(23)30-2)18-27-25(28)26-16-15-22(20-9-5-3-6-10-20)21-11-7-4-8-12-21/h3-14,17,22H,15-16,18H2,1-2H3,(H2,26,27,28). The summed E-state index contributed by atoms with van der Waals surface area (Å²) in [5.74, 6) is 1.54. The second kappa shape index (κ2) is 10.9. The molecule has 0 saturated heterocycles. The van der Waals surface area contributed by atoms with Gasteiger partial charge in [-0.3, -0.25) is 0 Å². The van der Waals surface area contributed by atoms with Crippen molar-refractivity contribution >= 4 is 6.03 Å². The van der Waals surface area contributed by atoms with E-state index >= 15 is 0 Å². The maximum Gasteiger partial charge on any atom is 0.315 e. The molecule has 0 aliphatic carbocycles. The van der Waals surface area contributed by atoms with E-state index in [9.17, 15) is 4.79 Å². The molecular formula is C25H28N2O3. The fourth-order valence-electron chi connectivity index (χ4n) is 3.46. The minimum atomic E-state index is -0.190. The summed E-state index contributed by atoms with van der Waals surface area (Å²) in [6, 6.07) is 26.2. The van der Waals surface area contributed by atoms with Crippen LogP contribution in [0.3, 0.4) is 0 Å². The van der Waals surface area contributed by atoms with Gasteiger partial charge in [0.05, 0.1) is 14.2 Å². The van der Waals surface area contributed by atoms with E-state index in [2.05, 4.69) is 59.2 Å². The molecule has 0 heterocycles. The molecule has 5 nitrogen and oxygen atoms in total. The molecule has 0 aliphatic rings. The number of nitrogens with one attached hydrogen (secondary N) is 2. The van der Waals surface area contributed by atoms with Gasteiger partial charge in [-0.15, -0.1) is 0 Å². The summed E-state index contributed by atoms with van der Waals surface area (Å²) in [6.45, 7) is 0.985. The van der Waals surface area contributed by atoms with Crippen LogP contribution in [0.25, 0.3) is 0 Å². The van der Waals surface area contributed by atoms with Gasteiger partial charge in [-0.25, -0.2) is 4.79 Å². The Labute approximate surface area is 178 Å². The number of carbonyl (C=O) groups is 1. The van der Waals surface area contributed by atoms with Crippen LogP contribution >= 0.6 is 0 Å². The SMILES string of the molecule is COc1ccc(CNC(=O)NCCC(c2ccccc2)c2ccccc2)cc1OC. The first-order valence-electron chi connectivity index (χ1n) is 10.0. The van der Waals surface area contributed by atoms with Gasteiger partial charge in [0.25, 0.3) is 0 Å². The summed E-state index contributed by atoms with van der Waals surface area (Å²) in [6.07, 6.45) is 0.817. The van der Waals surface area contributed by atoms with Crippen LogP contribution in [0.1, 0.15) is 29.0 Å². The van der Waals surface area contributed by atoms with Crippen molar-refractivity contribution < 1.29 is 14.3 Å². The number of carbonyl (C=O) groups excluding carboxylic acids is 1. The third-order valence-electron chi connectivity index (χ3n) is 5.02. The maximum atomic E-state index is 12.3. The third kappa shape index (κ3) is 5.77. The molecular weight excluding hydrogens is 376 g/mol. The normalized spacial score (nSPS) is 10.5. The molecule has 0 fully saturated rings. The van der Waals surface area contributed by atoms with E-state index < -0.39 is 0 Å². The molecule has 0 aromatic heterocycles. The van der Waals surface area contributed by atoms with E-state index in [0.717, 1.165) is 12.0 Å². The monoisotopic (exact) mass is 404 g/mol. The fraction of sp³-hybridized carbons (Fsp3) is 0.240. The van der Waals surface area contributed by atoms with Gasteiger partial charge >= 0.3 is 6.03 Å². The highest BCUT2D eigenvalue weighted by molar-refractivity contribution is 5.73. The number of ether oxygens (including phenoxy) is 2.